The van der Waals surface area contributed by atoms with Crippen molar-refractivity contribution in [2.45, 2.75) is 0 Å². The summed E-state index contributed by atoms with van der Waals surface area (Å²) in [6, 6.07) is 14.7. The van der Waals surface area contributed by atoms with Gasteiger partial charge in [0, 0.05) is 35.8 Å². The molecule has 5 rings (SSSR count). The van der Waals surface area contributed by atoms with E-state index in [1.807, 2.05) is 48.7 Å². The van der Waals surface area contributed by atoms with Crippen LogP contribution in [0.5, 0.6) is 0 Å². The minimum absolute atomic E-state index is 0.0204. The molecule has 0 atom stereocenters. The number of ether oxygens (including phenoxy) is 1. The number of aromatic amines is 1. The number of para-hydroxylation sites is 1. The average Bonchev–Trinajstić information content (AvgIpc) is 3.24. The van der Waals surface area contributed by atoms with Crippen LogP contribution in [0.3, 0.4) is 0 Å². The molecule has 0 bridgehead atoms. The highest BCUT2D eigenvalue weighted by atomic mass is 16.5. The number of hydrogen-bond donors (Lipinski definition) is 2. The van der Waals surface area contributed by atoms with Gasteiger partial charge in [-0.3, -0.25) is 4.79 Å². The fraction of sp³-hybridized carbons (Fsp3) is 0.190. The molecule has 1 saturated heterocycles. The van der Waals surface area contributed by atoms with Crippen molar-refractivity contribution in [2.24, 2.45) is 0 Å². The number of nitrogen functional groups attached to an aromatic ring is 1. The number of benzene rings is 2. The molecule has 0 radical (unpaired) electrons. The largest absolute Gasteiger partial charge is 0.399 e. The third kappa shape index (κ3) is 3.23. The summed E-state index contributed by atoms with van der Waals surface area (Å²) >= 11 is 0. The second-order valence-corrected chi connectivity index (χ2v) is 6.99. The van der Waals surface area contributed by atoms with Gasteiger partial charge in [-0.05, 0) is 30.3 Å². The Labute approximate surface area is 166 Å². The van der Waals surface area contributed by atoms with Crippen molar-refractivity contribution in [3.05, 3.63) is 65.0 Å². The summed E-state index contributed by atoms with van der Waals surface area (Å²) in [5.74, 6) is 0.796. The Hall–Kier alpha value is -3.65. The second kappa shape index (κ2) is 7.06. The van der Waals surface area contributed by atoms with E-state index < -0.39 is 0 Å². The van der Waals surface area contributed by atoms with Gasteiger partial charge in [0.15, 0.2) is 5.43 Å². The first-order valence-electron chi connectivity index (χ1n) is 9.46. The van der Waals surface area contributed by atoms with Crippen LogP contribution in [0.4, 0.5) is 11.5 Å². The van der Waals surface area contributed by atoms with Gasteiger partial charge < -0.3 is 20.4 Å². The Morgan fingerprint density at radius 3 is 2.66 bits per heavy atom. The van der Waals surface area contributed by atoms with Gasteiger partial charge in [-0.25, -0.2) is 4.68 Å². The van der Waals surface area contributed by atoms with Gasteiger partial charge in [0.05, 0.1) is 30.6 Å². The standard InChI is InChI=1S/C21H20N6O2/c22-14-4-6-15(7-5-14)27-13-18(24-25-27)16-2-1-3-17-19(28)12-20(23-21(16)17)26-8-10-29-11-9-26/h1-7,12-13H,8-11,22H2,(H,23,28). The first kappa shape index (κ1) is 17.4. The van der Waals surface area contributed by atoms with Crippen molar-refractivity contribution in [3.8, 4) is 16.9 Å². The fourth-order valence-electron chi connectivity index (χ4n) is 3.59. The van der Waals surface area contributed by atoms with Gasteiger partial charge in [0.2, 0.25) is 0 Å². The zero-order chi connectivity index (χ0) is 19.8. The van der Waals surface area contributed by atoms with Crippen LogP contribution >= 0.6 is 0 Å². The number of rotatable bonds is 3. The zero-order valence-corrected chi connectivity index (χ0v) is 15.7. The Bertz CT molecular complexity index is 1220. The Morgan fingerprint density at radius 1 is 1.07 bits per heavy atom. The Morgan fingerprint density at radius 2 is 1.86 bits per heavy atom. The number of morpholine rings is 1. The van der Waals surface area contributed by atoms with E-state index in [-0.39, 0.29) is 5.43 Å². The lowest BCUT2D eigenvalue weighted by Crippen LogP contribution is -2.37. The lowest BCUT2D eigenvalue weighted by atomic mass is 10.1. The average molecular weight is 388 g/mol. The van der Waals surface area contributed by atoms with Crippen molar-refractivity contribution >= 4 is 22.4 Å². The molecule has 0 aliphatic carbocycles. The minimum Gasteiger partial charge on any atom is -0.399 e. The van der Waals surface area contributed by atoms with E-state index >= 15 is 0 Å². The molecule has 1 fully saturated rings. The first-order valence-corrected chi connectivity index (χ1v) is 9.46. The summed E-state index contributed by atoms with van der Waals surface area (Å²) < 4.78 is 7.11. The van der Waals surface area contributed by atoms with Crippen molar-refractivity contribution in [3.63, 3.8) is 0 Å². The van der Waals surface area contributed by atoms with E-state index in [9.17, 15) is 4.79 Å². The smallest absolute Gasteiger partial charge is 0.191 e. The topological polar surface area (TPSA) is 102 Å². The number of nitrogens with two attached hydrogens (primary N) is 1. The molecule has 3 heterocycles. The molecule has 0 unspecified atom stereocenters. The van der Waals surface area contributed by atoms with Crippen LogP contribution < -0.4 is 16.1 Å². The molecular formula is C21H20N6O2. The second-order valence-electron chi connectivity index (χ2n) is 6.99. The summed E-state index contributed by atoms with van der Waals surface area (Å²) in [6.45, 7) is 2.79. The van der Waals surface area contributed by atoms with Gasteiger partial charge in [-0.15, -0.1) is 5.10 Å². The van der Waals surface area contributed by atoms with Crippen LogP contribution in [-0.4, -0.2) is 46.3 Å². The molecule has 0 amide bonds. The van der Waals surface area contributed by atoms with Crippen LogP contribution in [-0.2, 0) is 4.74 Å². The third-order valence-electron chi connectivity index (χ3n) is 5.13. The molecule has 146 valence electrons. The maximum absolute atomic E-state index is 12.8. The number of fused-ring (bicyclic) bond motifs is 1. The van der Waals surface area contributed by atoms with Gasteiger partial charge in [0.25, 0.3) is 0 Å². The number of nitrogens with zero attached hydrogens (tertiary/aromatic N) is 4. The highest BCUT2D eigenvalue weighted by Crippen LogP contribution is 2.26. The summed E-state index contributed by atoms with van der Waals surface area (Å²) in [5, 5.41) is 9.20. The van der Waals surface area contributed by atoms with Crippen molar-refractivity contribution in [2.75, 3.05) is 36.9 Å². The number of nitrogens with one attached hydrogen (secondary N) is 1. The lowest BCUT2D eigenvalue weighted by molar-refractivity contribution is 0.122. The van der Waals surface area contributed by atoms with E-state index in [1.54, 1.807) is 10.7 Å². The molecule has 2 aromatic heterocycles. The number of H-pyrrole nitrogens is 1. The fourth-order valence-corrected chi connectivity index (χ4v) is 3.59. The third-order valence-corrected chi connectivity index (χ3v) is 5.13. The first-order chi connectivity index (χ1) is 14.2. The highest BCUT2D eigenvalue weighted by molar-refractivity contribution is 5.93. The van der Waals surface area contributed by atoms with Crippen LogP contribution in [0, 0.1) is 0 Å². The molecule has 8 heteroatoms. The quantitative estimate of drug-likeness (QED) is 0.522. The van der Waals surface area contributed by atoms with Crippen LogP contribution in [0.1, 0.15) is 0 Å². The molecule has 0 saturated carbocycles. The maximum Gasteiger partial charge on any atom is 0.191 e. The van der Waals surface area contributed by atoms with E-state index in [4.69, 9.17) is 10.5 Å². The summed E-state index contributed by atoms with van der Waals surface area (Å²) in [6.07, 6.45) is 1.85. The molecule has 0 spiro atoms. The molecule has 8 nitrogen and oxygen atoms in total. The normalized spacial score (nSPS) is 14.4. The molecule has 1 aliphatic rings. The highest BCUT2D eigenvalue weighted by Gasteiger charge is 2.16. The molecule has 2 aromatic carbocycles. The van der Waals surface area contributed by atoms with Gasteiger partial charge >= 0.3 is 0 Å². The minimum atomic E-state index is -0.0204. The molecule has 29 heavy (non-hydrogen) atoms. The van der Waals surface area contributed by atoms with E-state index in [2.05, 4.69) is 20.2 Å². The van der Waals surface area contributed by atoms with Gasteiger partial charge in [-0.1, -0.05) is 17.3 Å². The zero-order valence-electron chi connectivity index (χ0n) is 15.7. The monoisotopic (exact) mass is 388 g/mol. The number of pyridine rings is 1. The van der Waals surface area contributed by atoms with Gasteiger partial charge in [-0.2, -0.15) is 0 Å². The predicted octanol–water partition coefficient (Wildman–Crippen LogP) is 2.19. The van der Waals surface area contributed by atoms with E-state index in [0.717, 1.165) is 35.7 Å². The molecule has 4 aromatic rings. The number of aromatic nitrogens is 4. The maximum atomic E-state index is 12.8. The Kier molecular flexibility index (Phi) is 4.25. The molecule has 3 N–H and O–H groups in total. The van der Waals surface area contributed by atoms with Crippen molar-refractivity contribution in [1.29, 1.82) is 0 Å². The predicted molar refractivity (Wildman–Crippen MR) is 112 cm³/mol. The molecule has 1 aliphatic heterocycles. The van der Waals surface area contributed by atoms with Crippen LogP contribution in [0.25, 0.3) is 27.8 Å². The SMILES string of the molecule is Nc1ccc(-n2cc(-c3cccc4c(=O)cc(N5CCOCC5)[nH]c34)nn2)cc1. The van der Waals surface area contributed by atoms with E-state index in [0.29, 0.717) is 30.0 Å². The van der Waals surface area contributed by atoms with Crippen molar-refractivity contribution < 1.29 is 4.74 Å². The lowest BCUT2D eigenvalue weighted by Gasteiger charge is -2.28. The van der Waals surface area contributed by atoms with Crippen LogP contribution in [0.2, 0.25) is 0 Å². The Balaban J connectivity index is 1.60. The summed E-state index contributed by atoms with van der Waals surface area (Å²) in [4.78, 5) is 18.3. The number of anilines is 2. The molecular weight excluding hydrogens is 368 g/mol. The summed E-state index contributed by atoms with van der Waals surface area (Å²) in [5.41, 5.74) is 9.56. The van der Waals surface area contributed by atoms with Crippen LogP contribution in [0.15, 0.2) is 59.5 Å². The van der Waals surface area contributed by atoms with Gasteiger partial charge in [0.1, 0.15) is 11.5 Å². The number of hydrogen-bond acceptors (Lipinski definition) is 6. The van der Waals surface area contributed by atoms with E-state index in [1.165, 1.54) is 0 Å². The van der Waals surface area contributed by atoms with Crippen molar-refractivity contribution in [1.82, 2.24) is 20.0 Å². The summed E-state index contributed by atoms with van der Waals surface area (Å²) in [7, 11) is 0.